The molecule has 1 aliphatic heterocycles. The van der Waals surface area contributed by atoms with Gasteiger partial charge in [0.15, 0.2) is 0 Å². The summed E-state index contributed by atoms with van der Waals surface area (Å²) in [5.74, 6) is 0.765. The highest BCUT2D eigenvalue weighted by Crippen LogP contribution is 2.21. The summed E-state index contributed by atoms with van der Waals surface area (Å²) in [6.07, 6.45) is 2.15. The third-order valence-electron chi connectivity index (χ3n) is 4.93. The van der Waals surface area contributed by atoms with Gasteiger partial charge in [0.1, 0.15) is 5.75 Å². The number of aromatic nitrogens is 2. The molecule has 1 aliphatic rings. The summed E-state index contributed by atoms with van der Waals surface area (Å²) < 4.78 is 12.5. The Morgan fingerprint density at radius 1 is 1.18 bits per heavy atom. The van der Waals surface area contributed by atoms with Gasteiger partial charge in [-0.15, -0.1) is 0 Å². The molecule has 0 saturated carbocycles. The van der Waals surface area contributed by atoms with Crippen molar-refractivity contribution < 1.29 is 14.3 Å². The summed E-state index contributed by atoms with van der Waals surface area (Å²) in [6, 6.07) is 13.8. The molecule has 0 unspecified atom stereocenters. The Bertz CT molecular complexity index is 946. The van der Waals surface area contributed by atoms with Crippen LogP contribution in [-0.2, 0) is 16.1 Å². The van der Waals surface area contributed by atoms with Crippen LogP contribution >= 0.6 is 0 Å². The molecule has 2 aromatic carbocycles. The van der Waals surface area contributed by atoms with Gasteiger partial charge in [-0.3, -0.25) is 9.48 Å². The molecule has 4 rings (SSSR count). The number of ether oxygens (including phenoxy) is 2. The summed E-state index contributed by atoms with van der Waals surface area (Å²) in [5, 5.41) is 8.33. The molecule has 1 N–H and O–H groups in total. The quantitative estimate of drug-likeness (QED) is 0.712. The van der Waals surface area contributed by atoms with E-state index in [0.717, 1.165) is 54.3 Å². The summed E-state index contributed by atoms with van der Waals surface area (Å²) >= 11 is 0. The molecule has 1 saturated heterocycles. The second-order valence-corrected chi connectivity index (χ2v) is 6.74. The van der Waals surface area contributed by atoms with Crippen molar-refractivity contribution in [1.82, 2.24) is 9.78 Å². The van der Waals surface area contributed by atoms with Crippen LogP contribution in [0.25, 0.3) is 10.9 Å². The normalized spacial score (nSPS) is 14.2. The molecule has 7 heteroatoms. The third kappa shape index (κ3) is 4.09. The Morgan fingerprint density at radius 2 is 1.96 bits per heavy atom. The first kappa shape index (κ1) is 18.3. The van der Waals surface area contributed by atoms with E-state index in [1.54, 1.807) is 13.3 Å². The standard InChI is InChI=1S/C21H24N4O3/c1-27-19-6-7-20-16(14-19)15-22-25(20)9-8-21(26)23-17-2-4-18(5-3-17)24-10-12-28-13-11-24/h2-7,14-15H,8-13H2,1H3,(H,23,26). The smallest absolute Gasteiger partial charge is 0.226 e. The minimum absolute atomic E-state index is 0.0312. The zero-order valence-corrected chi connectivity index (χ0v) is 15.9. The van der Waals surface area contributed by atoms with Crippen molar-refractivity contribution >= 4 is 28.2 Å². The first-order valence-electron chi connectivity index (χ1n) is 9.45. The van der Waals surface area contributed by atoms with Crippen molar-refractivity contribution in [3.05, 3.63) is 48.7 Å². The molecule has 7 nitrogen and oxygen atoms in total. The van der Waals surface area contributed by atoms with Crippen molar-refractivity contribution in [2.75, 3.05) is 43.6 Å². The number of amides is 1. The van der Waals surface area contributed by atoms with E-state index in [-0.39, 0.29) is 5.91 Å². The lowest BCUT2D eigenvalue weighted by atomic mass is 10.2. The van der Waals surface area contributed by atoms with Crippen LogP contribution in [-0.4, -0.2) is 49.1 Å². The van der Waals surface area contributed by atoms with Crippen molar-refractivity contribution in [3.8, 4) is 5.75 Å². The second kappa shape index (κ2) is 8.31. The van der Waals surface area contributed by atoms with Crippen LogP contribution in [0.15, 0.2) is 48.7 Å². The fourth-order valence-electron chi connectivity index (χ4n) is 3.38. The largest absolute Gasteiger partial charge is 0.497 e. The number of anilines is 2. The number of benzene rings is 2. The molecular weight excluding hydrogens is 356 g/mol. The molecule has 3 aromatic rings. The Kier molecular flexibility index (Phi) is 5.43. The number of fused-ring (bicyclic) bond motifs is 1. The lowest BCUT2D eigenvalue weighted by Gasteiger charge is -2.28. The van der Waals surface area contributed by atoms with E-state index in [2.05, 4.69) is 15.3 Å². The number of hydrogen-bond acceptors (Lipinski definition) is 5. The first-order valence-corrected chi connectivity index (χ1v) is 9.45. The van der Waals surface area contributed by atoms with Crippen molar-refractivity contribution in [3.63, 3.8) is 0 Å². The lowest BCUT2D eigenvalue weighted by Crippen LogP contribution is -2.36. The number of morpholine rings is 1. The lowest BCUT2D eigenvalue weighted by molar-refractivity contribution is -0.116. The molecule has 146 valence electrons. The van der Waals surface area contributed by atoms with Gasteiger partial charge in [0.25, 0.3) is 0 Å². The maximum Gasteiger partial charge on any atom is 0.226 e. The third-order valence-corrected chi connectivity index (χ3v) is 4.93. The molecule has 28 heavy (non-hydrogen) atoms. The average molecular weight is 380 g/mol. The van der Waals surface area contributed by atoms with Gasteiger partial charge in [-0.25, -0.2) is 0 Å². The van der Waals surface area contributed by atoms with Crippen molar-refractivity contribution in [1.29, 1.82) is 0 Å². The summed E-state index contributed by atoms with van der Waals surface area (Å²) in [5.41, 5.74) is 2.94. The molecule has 0 aliphatic carbocycles. The predicted molar refractivity (Wildman–Crippen MR) is 109 cm³/mol. The second-order valence-electron chi connectivity index (χ2n) is 6.74. The van der Waals surface area contributed by atoms with Gasteiger partial charge in [0.05, 0.1) is 38.6 Å². The van der Waals surface area contributed by atoms with Crippen molar-refractivity contribution in [2.24, 2.45) is 0 Å². The molecule has 1 aromatic heterocycles. The fourth-order valence-corrected chi connectivity index (χ4v) is 3.38. The summed E-state index contributed by atoms with van der Waals surface area (Å²) in [7, 11) is 1.64. The fraction of sp³-hybridized carbons (Fsp3) is 0.333. The molecule has 0 bridgehead atoms. The summed E-state index contributed by atoms with van der Waals surface area (Å²) in [4.78, 5) is 14.6. The van der Waals surface area contributed by atoms with Gasteiger partial charge in [0.2, 0.25) is 5.91 Å². The predicted octanol–water partition coefficient (Wildman–Crippen LogP) is 2.91. The van der Waals surface area contributed by atoms with Gasteiger partial charge >= 0.3 is 0 Å². The van der Waals surface area contributed by atoms with Gasteiger partial charge in [-0.2, -0.15) is 5.10 Å². The van der Waals surface area contributed by atoms with Gasteiger partial charge in [-0.05, 0) is 42.5 Å². The number of carbonyl (C=O) groups is 1. The number of rotatable bonds is 6. The summed E-state index contributed by atoms with van der Waals surface area (Å²) in [6.45, 7) is 3.83. The topological polar surface area (TPSA) is 68.6 Å². The minimum Gasteiger partial charge on any atom is -0.497 e. The number of carbonyl (C=O) groups excluding carboxylic acids is 1. The highest BCUT2D eigenvalue weighted by Gasteiger charge is 2.11. The van der Waals surface area contributed by atoms with Gasteiger partial charge in [0, 0.05) is 36.3 Å². The van der Waals surface area contributed by atoms with Crippen molar-refractivity contribution in [2.45, 2.75) is 13.0 Å². The monoisotopic (exact) mass is 380 g/mol. The molecule has 1 amide bonds. The SMILES string of the molecule is COc1ccc2c(cnn2CCC(=O)Nc2ccc(N3CCOCC3)cc2)c1. The number of aryl methyl sites for hydroxylation is 1. The van der Waals surface area contributed by atoms with Crippen LogP contribution in [0.4, 0.5) is 11.4 Å². The minimum atomic E-state index is -0.0312. The molecule has 1 fully saturated rings. The van der Waals surface area contributed by atoms with E-state index < -0.39 is 0 Å². The highest BCUT2D eigenvalue weighted by molar-refractivity contribution is 5.91. The Labute approximate surface area is 163 Å². The van der Waals surface area contributed by atoms with E-state index in [4.69, 9.17) is 9.47 Å². The Morgan fingerprint density at radius 3 is 2.71 bits per heavy atom. The molecule has 0 radical (unpaired) electrons. The molecular formula is C21H24N4O3. The molecule has 0 atom stereocenters. The van der Waals surface area contributed by atoms with E-state index >= 15 is 0 Å². The highest BCUT2D eigenvalue weighted by atomic mass is 16.5. The van der Waals surface area contributed by atoms with E-state index in [9.17, 15) is 4.79 Å². The first-order chi connectivity index (χ1) is 13.7. The average Bonchev–Trinajstić information content (AvgIpc) is 3.15. The molecule has 2 heterocycles. The van der Waals surface area contributed by atoms with E-state index in [1.807, 2.05) is 47.1 Å². The van der Waals surface area contributed by atoms with Crippen LogP contribution < -0.4 is 15.0 Å². The molecule has 0 spiro atoms. The van der Waals surface area contributed by atoms with Gasteiger partial charge < -0.3 is 19.7 Å². The number of hydrogen-bond donors (Lipinski definition) is 1. The zero-order valence-electron chi connectivity index (χ0n) is 15.9. The number of nitrogens with zero attached hydrogens (tertiary/aromatic N) is 3. The van der Waals surface area contributed by atoms with Crippen LogP contribution in [0.5, 0.6) is 5.75 Å². The van der Waals surface area contributed by atoms with E-state index in [0.29, 0.717) is 13.0 Å². The van der Waals surface area contributed by atoms with Crippen LogP contribution in [0.3, 0.4) is 0 Å². The van der Waals surface area contributed by atoms with E-state index in [1.165, 1.54) is 0 Å². The van der Waals surface area contributed by atoms with Crippen LogP contribution in [0.1, 0.15) is 6.42 Å². The maximum absolute atomic E-state index is 12.3. The Hall–Kier alpha value is -3.06. The van der Waals surface area contributed by atoms with Gasteiger partial charge in [-0.1, -0.05) is 0 Å². The maximum atomic E-state index is 12.3. The zero-order chi connectivity index (χ0) is 19.3. The van der Waals surface area contributed by atoms with Crippen LogP contribution in [0.2, 0.25) is 0 Å². The number of nitrogens with one attached hydrogen (secondary N) is 1. The van der Waals surface area contributed by atoms with Crippen LogP contribution in [0, 0.1) is 0 Å². The Balaban J connectivity index is 1.33. The number of methoxy groups -OCH3 is 1.